The van der Waals surface area contributed by atoms with Gasteiger partial charge in [0.1, 0.15) is 0 Å². The predicted molar refractivity (Wildman–Crippen MR) is 106 cm³/mol. The lowest BCUT2D eigenvalue weighted by Crippen LogP contribution is -2.44. The molecule has 1 atom stereocenters. The third kappa shape index (κ3) is 7.43. The highest BCUT2D eigenvalue weighted by Gasteiger charge is 2.24. The van der Waals surface area contributed by atoms with E-state index in [4.69, 9.17) is 0 Å². The molecule has 1 fully saturated rings. The lowest BCUT2D eigenvalue weighted by molar-refractivity contribution is 0.139. The second kappa shape index (κ2) is 12.1. The molecule has 134 valence electrons. The molecular formula is C19H34Cl2N2. The topological polar surface area (TPSA) is 15.3 Å². The Morgan fingerprint density at radius 3 is 2.22 bits per heavy atom. The van der Waals surface area contributed by atoms with Crippen molar-refractivity contribution < 1.29 is 0 Å². The van der Waals surface area contributed by atoms with E-state index in [1.54, 1.807) is 0 Å². The number of nitrogens with zero attached hydrogens (tertiary/aromatic N) is 1. The SMILES string of the molecule is CCC(c1ccccc1)N1CCC(NCCC(C)C)CC1.Cl.Cl. The van der Waals surface area contributed by atoms with Crippen LogP contribution in [0.5, 0.6) is 0 Å². The standard InChI is InChI=1S/C19H32N2.2ClH/c1-4-19(17-8-6-5-7-9-17)21-14-11-18(12-15-21)20-13-10-16(2)3;;/h5-9,16,18-20H,4,10-15H2,1-3H3;2*1H. The van der Waals surface area contributed by atoms with Gasteiger partial charge in [-0.3, -0.25) is 4.90 Å². The van der Waals surface area contributed by atoms with Gasteiger partial charge < -0.3 is 5.32 Å². The molecule has 1 aromatic carbocycles. The maximum atomic E-state index is 3.74. The second-order valence-corrected chi connectivity index (χ2v) is 6.78. The van der Waals surface area contributed by atoms with Crippen LogP contribution in [-0.2, 0) is 0 Å². The smallest absolute Gasteiger partial charge is 0.0345 e. The number of hydrogen-bond donors (Lipinski definition) is 1. The van der Waals surface area contributed by atoms with E-state index in [1.165, 1.54) is 50.9 Å². The van der Waals surface area contributed by atoms with Gasteiger partial charge in [0.15, 0.2) is 0 Å². The van der Waals surface area contributed by atoms with Gasteiger partial charge in [-0.25, -0.2) is 0 Å². The normalized spacial score (nSPS) is 17.4. The molecule has 0 aliphatic carbocycles. The first kappa shape index (κ1) is 22.7. The van der Waals surface area contributed by atoms with Crippen LogP contribution >= 0.6 is 24.8 Å². The third-order valence-corrected chi connectivity index (χ3v) is 4.70. The van der Waals surface area contributed by atoms with Crippen molar-refractivity contribution in [1.29, 1.82) is 0 Å². The van der Waals surface area contributed by atoms with Crippen molar-refractivity contribution in [1.82, 2.24) is 10.2 Å². The largest absolute Gasteiger partial charge is 0.314 e. The number of likely N-dealkylation sites (tertiary alicyclic amines) is 1. The molecule has 1 N–H and O–H groups in total. The Morgan fingerprint density at radius 1 is 1.09 bits per heavy atom. The average Bonchev–Trinajstić information content (AvgIpc) is 2.50. The van der Waals surface area contributed by atoms with Gasteiger partial charge in [0.05, 0.1) is 0 Å². The molecule has 1 heterocycles. The first-order chi connectivity index (χ1) is 10.2. The van der Waals surface area contributed by atoms with Gasteiger partial charge >= 0.3 is 0 Å². The molecule has 0 saturated carbocycles. The van der Waals surface area contributed by atoms with Crippen LogP contribution in [0.3, 0.4) is 0 Å². The van der Waals surface area contributed by atoms with Crippen molar-refractivity contribution in [3.05, 3.63) is 35.9 Å². The fraction of sp³-hybridized carbons (Fsp3) is 0.684. The fourth-order valence-corrected chi connectivity index (χ4v) is 3.37. The van der Waals surface area contributed by atoms with Gasteiger partial charge in [-0.15, -0.1) is 24.8 Å². The zero-order valence-electron chi connectivity index (χ0n) is 14.8. The molecule has 2 nitrogen and oxygen atoms in total. The Balaban J connectivity index is 0.00000242. The van der Waals surface area contributed by atoms with Gasteiger partial charge in [0, 0.05) is 25.2 Å². The van der Waals surface area contributed by atoms with Gasteiger partial charge in [0.2, 0.25) is 0 Å². The van der Waals surface area contributed by atoms with Crippen LogP contribution in [0.25, 0.3) is 0 Å². The summed E-state index contributed by atoms with van der Waals surface area (Å²) < 4.78 is 0. The van der Waals surface area contributed by atoms with Crippen LogP contribution in [0, 0.1) is 5.92 Å². The second-order valence-electron chi connectivity index (χ2n) is 6.78. The number of halogens is 2. The summed E-state index contributed by atoms with van der Waals surface area (Å²) >= 11 is 0. The fourth-order valence-electron chi connectivity index (χ4n) is 3.37. The number of nitrogens with one attached hydrogen (secondary N) is 1. The highest BCUT2D eigenvalue weighted by molar-refractivity contribution is 5.85. The molecule has 1 saturated heterocycles. The molecular weight excluding hydrogens is 327 g/mol. The van der Waals surface area contributed by atoms with E-state index in [0.29, 0.717) is 6.04 Å². The lowest BCUT2D eigenvalue weighted by Gasteiger charge is -2.38. The van der Waals surface area contributed by atoms with E-state index >= 15 is 0 Å². The molecule has 4 heteroatoms. The summed E-state index contributed by atoms with van der Waals surface area (Å²) in [4.78, 5) is 2.68. The molecule has 23 heavy (non-hydrogen) atoms. The Morgan fingerprint density at radius 2 is 1.70 bits per heavy atom. The Hall–Kier alpha value is -0.280. The van der Waals surface area contributed by atoms with E-state index in [2.05, 4.69) is 61.3 Å². The predicted octanol–water partition coefficient (Wildman–Crippen LogP) is 5.08. The van der Waals surface area contributed by atoms with Crippen LogP contribution in [0.15, 0.2) is 30.3 Å². The molecule has 1 aromatic rings. The average molecular weight is 361 g/mol. The summed E-state index contributed by atoms with van der Waals surface area (Å²) in [6.45, 7) is 10.5. The Kier molecular flexibility index (Phi) is 12.0. The summed E-state index contributed by atoms with van der Waals surface area (Å²) in [6.07, 6.45) is 5.08. The van der Waals surface area contributed by atoms with Crippen molar-refractivity contribution in [2.75, 3.05) is 19.6 Å². The zero-order chi connectivity index (χ0) is 15.1. The summed E-state index contributed by atoms with van der Waals surface area (Å²) in [5.74, 6) is 0.806. The molecule has 0 spiro atoms. The first-order valence-corrected chi connectivity index (χ1v) is 8.73. The first-order valence-electron chi connectivity index (χ1n) is 8.73. The minimum absolute atomic E-state index is 0. The highest BCUT2D eigenvalue weighted by Crippen LogP contribution is 2.27. The summed E-state index contributed by atoms with van der Waals surface area (Å²) in [7, 11) is 0. The molecule has 1 aliphatic heterocycles. The number of hydrogen-bond acceptors (Lipinski definition) is 2. The van der Waals surface area contributed by atoms with Crippen LogP contribution in [0.1, 0.15) is 58.1 Å². The number of benzene rings is 1. The van der Waals surface area contributed by atoms with Crippen molar-refractivity contribution in [2.45, 2.75) is 58.5 Å². The summed E-state index contributed by atoms with van der Waals surface area (Å²) in [5, 5.41) is 3.74. The summed E-state index contributed by atoms with van der Waals surface area (Å²) in [5.41, 5.74) is 1.48. The van der Waals surface area contributed by atoms with Gasteiger partial charge in [-0.1, -0.05) is 51.1 Å². The molecule has 2 rings (SSSR count). The maximum absolute atomic E-state index is 3.74. The lowest BCUT2D eigenvalue weighted by atomic mass is 9.97. The highest BCUT2D eigenvalue weighted by atomic mass is 35.5. The van der Waals surface area contributed by atoms with Crippen LogP contribution in [0.4, 0.5) is 0 Å². The zero-order valence-corrected chi connectivity index (χ0v) is 16.5. The summed E-state index contributed by atoms with van der Waals surface area (Å²) in [6, 6.07) is 12.3. The van der Waals surface area contributed by atoms with Crippen LogP contribution in [0.2, 0.25) is 0 Å². The Labute approximate surface area is 155 Å². The van der Waals surface area contributed by atoms with Crippen molar-refractivity contribution >= 4 is 24.8 Å². The van der Waals surface area contributed by atoms with Gasteiger partial charge in [0.25, 0.3) is 0 Å². The molecule has 1 unspecified atom stereocenters. The molecule has 0 radical (unpaired) electrons. The third-order valence-electron chi connectivity index (χ3n) is 4.70. The van der Waals surface area contributed by atoms with Crippen molar-refractivity contribution in [2.24, 2.45) is 5.92 Å². The van der Waals surface area contributed by atoms with E-state index in [9.17, 15) is 0 Å². The van der Waals surface area contributed by atoms with Crippen LogP contribution < -0.4 is 5.32 Å². The maximum Gasteiger partial charge on any atom is 0.0345 e. The monoisotopic (exact) mass is 360 g/mol. The van der Waals surface area contributed by atoms with Gasteiger partial charge in [-0.05, 0) is 43.7 Å². The Bertz CT molecular complexity index is 390. The minimum atomic E-state index is 0. The molecule has 0 aromatic heterocycles. The number of rotatable bonds is 7. The molecule has 0 amide bonds. The van der Waals surface area contributed by atoms with Crippen molar-refractivity contribution in [3.63, 3.8) is 0 Å². The molecule has 1 aliphatic rings. The minimum Gasteiger partial charge on any atom is -0.314 e. The van der Waals surface area contributed by atoms with E-state index in [1.807, 2.05) is 0 Å². The van der Waals surface area contributed by atoms with Crippen molar-refractivity contribution in [3.8, 4) is 0 Å². The van der Waals surface area contributed by atoms with E-state index in [0.717, 1.165) is 12.0 Å². The quantitative estimate of drug-likeness (QED) is 0.728. The van der Waals surface area contributed by atoms with E-state index < -0.39 is 0 Å². The molecule has 0 bridgehead atoms. The van der Waals surface area contributed by atoms with Gasteiger partial charge in [-0.2, -0.15) is 0 Å². The van der Waals surface area contributed by atoms with Crippen LogP contribution in [-0.4, -0.2) is 30.6 Å². The number of piperidine rings is 1. The van der Waals surface area contributed by atoms with E-state index in [-0.39, 0.29) is 24.8 Å².